The molecule has 0 aliphatic rings. The summed E-state index contributed by atoms with van der Waals surface area (Å²) >= 11 is 7.72. The molecule has 3 rings (SSSR count). The van der Waals surface area contributed by atoms with Crippen molar-refractivity contribution < 1.29 is 8.78 Å². The van der Waals surface area contributed by atoms with Crippen LogP contribution in [0.3, 0.4) is 0 Å². The minimum absolute atomic E-state index is 0.182. The highest BCUT2D eigenvalue weighted by atomic mass is 35.5. The van der Waals surface area contributed by atoms with Gasteiger partial charge in [-0.25, -0.2) is 18.7 Å². The SMILES string of the molecule is CCc1cc2c(Cl)nc(Cc3ccc(F)cc3F)nc2s1. The summed E-state index contributed by atoms with van der Waals surface area (Å²) in [5, 5.41) is 1.19. The Bertz CT molecular complexity index is 817. The van der Waals surface area contributed by atoms with Gasteiger partial charge in [-0.2, -0.15) is 0 Å². The van der Waals surface area contributed by atoms with Crippen molar-refractivity contribution in [3.63, 3.8) is 0 Å². The standard InChI is InChI=1S/C15H11ClF2N2S/c1-2-10-7-11-14(16)19-13(20-15(11)21-10)5-8-3-4-9(17)6-12(8)18/h3-4,6-7H,2,5H2,1H3. The Balaban J connectivity index is 2.00. The van der Waals surface area contributed by atoms with Crippen LogP contribution in [0.2, 0.25) is 5.15 Å². The lowest BCUT2D eigenvalue weighted by Crippen LogP contribution is -1.99. The summed E-state index contributed by atoms with van der Waals surface area (Å²) in [6.07, 6.45) is 1.08. The van der Waals surface area contributed by atoms with Crippen LogP contribution in [0, 0.1) is 11.6 Å². The summed E-state index contributed by atoms with van der Waals surface area (Å²) in [6, 6.07) is 5.46. The molecule has 1 aromatic carbocycles. The first-order chi connectivity index (χ1) is 10.1. The van der Waals surface area contributed by atoms with Crippen LogP contribution in [0.1, 0.15) is 23.2 Å². The van der Waals surface area contributed by atoms with E-state index < -0.39 is 11.6 Å². The van der Waals surface area contributed by atoms with Crippen molar-refractivity contribution in [1.29, 1.82) is 0 Å². The maximum absolute atomic E-state index is 13.7. The lowest BCUT2D eigenvalue weighted by molar-refractivity contribution is 0.573. The van der Waals surface area contributed by atoms with Crippen LogP contribution in [-0.2, 0) is 12.8 Å². The fourth-order valence-electron chi connectivity index (χ4n) is 2.07. The molecule has 2 aromatic heterocycles. The van der Waals surface area contributed by atoms with E-state index in [4.69, 9.17) is 11.6 Å². The van der Waals surface area contributed by atoms with Crippen LogP contribution >= 0.6 is 22.9 Å². The molecule has 108 valence electrons. The average Bonchev–Trinajstić information content (AvgIpc) is 2.86. The lowest BCUT2D eigenvalue weighted by atomic mass is 10.1. The zero-order valence-electron chi connectivity index (χ0n) is 11.2. The lowest BCUT2D eigenvalue weighted by Gasteiger charge is -2.03. The summed E-state index contributed by atoms with van der Waals surface area (Å²) in [7, 11) is 0. The molecular weight excluding hydrogens is 314 g/mol. The van der Waals surface area contributed by atoms with Crippen LogP contribution in [0.5, 0.6) is 0 Å². The van der Waals surface area contributed by atoms with Gasteiger partial charge in [-0.3, -0.25) is 0 Å². The molecule has 0 aliphatic heterocycles. The number of aryl methyl sites for hydroxylation is 1. The molecule has 0 N–H and O–H groups in total. The number of fused-ring (bicyclic) bond motifs is 1. The molecule has 6 heteroatoms. The van der Waals surface area contributed by atoms with Crippen molar-refractivity contribution in [2.45, 2.75) is 19.8 Å². The van der Waals surface area contributed by atoms with Gasteiger partial charge in [0.15, 0.2) is 0 Å². The van der Waals surface area contributed by atoms with E-state index in [1.807, 2.05) is 6.07 Å². The van der Waals surface area contributed by atoms with Crippen LogP contribution in [0.15, 0.2) is 24.3 Å². The van der Waals surface area contributed by atoms with Gasteiger partial charge in [0.1, 0.15) is 27.4 Å². The van der Waals surface area contributed by atoms with Gasteiger partial charge in [0.05, 0.1) is 0 Å². The second-order valence-corrected chi connectivity index (χ2v) is 6.10. The van der Waals surface area contributed by atoms with E-state index in [9.17, 15) is 8.78 Å². The average molecular weight is 325 g/mol. The molecule has 2 heterocycles. The number of aromatic nitrogens is 2. The number of rotatable bonds is 3. The first-order valence-corrected chi connectivity index (χ1v) is 7.65. The highest BCUT2D eigenvalue weighted by molar-refractivity contribution is 7.18. The molecule has 0 radical (unpaired) electrons. The second kappa shape index (κ2) is 5.66. The van der Waals surface area contributed by atoms with E-state index in [2.05, 4.69) is 16.9 Å². The maximum atomic E-state index is 13.7. The van der Waals surface area contributed by atoms with Gasteiger partial charge in [-0.1, -0.05) is 24.6 Å². The zero-order chi connectivity index (χ0) is 15.0. The molecule has 0 unspecified atom stereocenters. The second-order valence-electron chi connectivity index (χ2n) is 4.63. The van der Waals surface area contributed by atoms with Crippen molar-refractivity contribution in [1.82, 2.24) is 9.97 Å². The van der Waals surface area contributed by atoms with E-state index in [0.29, 0.717) is 16.5 Å². The third-order valence-corrected chi connectivity index (χ3v) is 4.62. The predicted molar refractivity (Wildman–Crippen MR) is 81.0 cm³/mol. The van der Waals surface area contributed by atoms with Crippen molar-refractivity contribution in [3.05, 3.63) is 57.3 Å². The number of thiophene rings is 1. The smallest absolute Gasteiger partial charge is 0.141 e. The van der Waals surface area contributed by atoms with Gasteiger partial charge >= 0.3 is 0 Å². The Morgan fingerprint density at radius 3 is 2.71 bits per heavy atom. The minimum atomic E-state index is -0.602. The summed E-state index contributed by atoms with van der Waals surface area (Å²) < 4.78 is 26.6. The zero-order valence-corrected chi connectivity index (χ0v) is 12.7. The van der Waals surface area contributed by atoms with Crippen molar-refractivity contribution in [2.75, 3.05) is 0 Å². The van der Waals surface area contributed by atoms with E-state index in [1.165, 1.54) is 17.0 Å². The molecule has 21 heavy (non-hydrogen) atoms. The third kappa shape index (κ3) is 2.89. The number of hydrogen-bond acceptors (Lipinski definition) is 3. The summed E-state index contributed by atoms with van der Waals surface area (Å²) in [5.74, 6) is -0.769. The Labute approximate surface area is 129 Å². The summed E-state index contributed by atoms with van der Waals surface area (Å²) in [6.45, 7) is 2.06. The van der Waals surface area contributed by atoms with Gasteiger partial charge in [0, 0.05) is 22.8 Å². The molecular formula is C15H11ClF2N2S. The van der Waals surface area contributed by atoms with Crippen LogP contribution in [-0.4, -0.2) is 9.97 Å². The monoisotopic (exact) mass is 324 g/mol. The Morgan fingerprint density at radius 2 is 2.00 bits per heavy atom. The first kappa shape index (κ1) is 14.4. The van der Waals surface area contributed by atoms with Gasteiger partial charge < -0.3 is 0 Å². The fourth-order valence-corrected chi connectivity index (χ4v) is 3.35. The Kier molecular flexibility index (Phi) is 3.87. The van der Waals surface area contributed by atoms with Crippen LogP contribution < -0.4 is 0 Å². The Morgan fingerprint density at radius 1 is 1.19 bits per heavy atom. The predicted octanol–water partition coefficient (Wildman–Crippen LogP) is 4.78. The number of benzene rings is 1. The maximum Gasteiger partial charge on any atom is 0.141 e. The highest BCUT2D eigenvalue weighted by Crippen LogP contribution is 2.29. The highest BCUT2D eigenvalue weighted by Gasteiger charge is 2.12. The molecule has 0 saturated carbocycles. The Hall–Kier alpha value is -1.59. The van der Waals surface area contributed by atoms with Crippen molar-refractivity contribution >= 4 is 33.2 Å². The van der Waals surface area contributed by atoms with E-state index in [-0.39, 0.29) is 6.42 Å². The van der Waals surface area contributed by atoms with Gasteiger partial charge in [-0.15, -0.1) is 11.3 Å². The quantitative estimate of drug-likeness (QED) is 0.648. The molecule has 0 bridgehead atoms. The molecule has 0 spiro atoms. The third-order valence-electron chi connectivity index (χ3n) is 3.16. The van der Waals surface area contributed by atoms with E-state index in [0.717, 1.165) is 22.7 Å². The van der Waals surface area contributed by atoms with Crippen molar-refractivity contribution in [3.8, 4) is 0 Å². The van der Waals surface area contributed by atoms with Crippen LogP contribution in [0.4, 0.5) is 8.78 Å². The number of hydrogen-bond donors (Lipinski definition) is 0. The van der Waals surface area contributed by atoms with Crippen LogP contribution in [0.25, 0.3) is 10.2 Å². The first-order valence-electron chi connectivity index (χ1n) is 6.45. The summed E-state index contributed by atoms with van der Waals surface area (Å²) in [5.41, 5.74) is 0.346. The normalized spacial score (nSPS) is 11.2. The number of nitrogens with zero attached hydrogens (tertiary/aromatic N) is 2. The number of halogens is 3. The van der Waals surface area contributed by atoms with Gasteiger partial charge in [-0.05, 0) is 24.1 Å². The topological polar surface area (TPSA) is 25.8 Å². The molecule has 0 fully saturated rings. The van der Waals surface area contributed by atoms with E-state index >= 15 is 0 Å². The molecule has 0 amide bonds. The fraction of sp³-hybridized carbons (Fsp3) is 0.200. The van der Waals surface area contributed by atoms with E-state index in [1.54, 1.807) is 11.3 Å². The van der Waals surface area contributed by atoms with Crippen molar-refractivity contribution in [2.24, 2.45) is 0 Å². The molecule has 2 nitrogen and oxygen atoms in total. The molecule has 0 aliphatic carbocycles. The largest absolute Gasteiger partial charge is 0.222 e. The minimum Gasteiger partial charge on any atom is -0.222 e. The van der Waals surface area contributed by atoms with Gasteiger partial charge in [0.2, 0.25) is 0 Å². The summed E-state index contributed by atoms with van der Waals surface area (Å²) in [4.78, 5) is 10.6. The van der Waals surface area contributed by atoms with Gasteiger partial charge in [0.25, 0.3) is 0 Å². The molecule has 3 aromatic rings. The molecule has 0 atom stereocenters. The molecule has 0 saturated heterocycles.